The van der Waals surface area contributed by atoms with Gasteiger partial charge in [-0.25, -0.2) is 0 Å². The van der Waals surface area contributed by atoms with E-state index in [-0.39, 0.29) is 0 Å². The minimum Gasteiger partial charge on any atom is -0.0622 e. The molecule has 80 valence electrons. The highest BCUT2D eigenvalue weighted by atomic mass is 14.2. The summed E-state index contributed by atoms with van der Waals surface area (Å²) in [5.74, 6) is 0.900. The van der Waals surface area contributed by atoms with Crippen LogP contribution in [0.5, 0.6) is 0 Å². The summed E-state index contributed by atoms with van der Waals surface area (Å²) in [4.78, 5) is 0. The molecule has 0 bridgehead atoms. The van der Waals surface area contributed by atoms with E-state index in [1.807, 2.05) is 0 Å². The first-order valence-electron chi connectivity index (χ1n) is 6.14. The van der Waals surface area contributed by atoms with Gasteiger partial charge in [0.05, 0.1) is 0 Å². The molecule has 0 spiro atoms. The van der Waals surface area contributed by atoms with Gasteiger partial charge in [0.2, 0.25) is 0 Å². The van der Waals surface area contributed by atoms with Gasteiger partial charge >= 0.3 is 0 Å². The van der Waals surface area contributed by atoms with Crippen molar-refractivity contribution in [1.82, 2.24) is 0 Å². The lowest BCUT2D eigenvalue weighted by molar-refractivity contribution is 0.421. The van der Waals surface area contributed by atoms with Gasteiger partial charge in [-0.05, 0) is 50.0 Å². The Hall–Kier alpha value is -0.780. The van der Waals surface area contributed by atoms with Crippen LogP contribution in [-0.4, -0.2) is 0 Å². The monoisotopic (exact) mass is 200 g/mol. The van der Waals surface area contributed by atoms with Crippen molar-refractivity contribution in [2.24, 2.45) is 5.92 Å². The zero-order chi connectivity index (χ0) is 10.3. The molecule has 2 rings (SSSR count). The van der Waals surface area contributed by atoms with Crippen LogP contribution in [0.2, 0.25) is 0 Å². The van der Waals surface area contributed by atoms with Crippen LogP contribution in [0.3, 0.4) is 0 Å². The average Bonchev–Trinajstić information content (AvgIpc) is 2.23. The van der Waals surface area contributed by atoms with E-state index in [0.29, 0.717) is 0 Å². The van der Waals surface area contributed by atoms with Gasteiger partial charge in [0.1, 0.15) is 0 Å². The van der Waals surface area contributed by atoms with Crippen LogP contribution in [0.1, 0.15) is 37.7 Å². The zero-order valence-corrected chi connectivity index (χ0v) is 9.36. The molecule has 0 heteroatoms. The summed E-state index contributed by atoms with van der Waals surface area (Å²) in [6.45, 7) is 0. The number of hydrogen-bond donors (Lipinski definition) is 0. The third kappa shape index (κ3) is 3.70. The quantitative estimate of drug-likeness (QED) is 0.670. The van der Waals surface area contributed by atoms with Crippen LogP contribution in [0, 0.1) is 18.8 Å². The van der Waals surface area contributed by atoms with E-state index in [2.05, 4.69) is 43.2 Å². The maximum atomic E-state index is 2.36. The number of hydrogen-bond acceptors (Lipinski definition) is 0. The topological polar surface area (TPSA) is 0 Å². The summed E-state index contributed by atoms with van der Waals surface area (Å²) in [5.41, 5.74) is 1.51. The largest absolute Gasteiger partial charge is 0.0622 e. The zero-order valence-electron chi connectivity index (χ0n) is 9.36. The fraction of sp³-hybridized carbons (Fsp3) is 0.467. The molecule has 1 fully saturated rings. The highest BCUT2D eigenvalue weighted by Crippen LogP contribution is 2.24. The molecule has 0 nitrogen and oxygen atoms in total. The first kappa shape index (κ1) is 10.7. The molecule has 0 N–H and O–H groups in total. The predicted octanol–water partition coefficient (Wildman–Crippen LogP) is 4.22. The Bertz CT molecular complexity index is 255. The van der Waals surface area contributed by atoms with Crippen LogP contribution >= 0.6 is 0 Å². The summed E-state index contributed by atoms with van der Waals surface area (Å²) in [7, 11) is 0. The van der Waals surface area contributed by atoms with Gasteiger partial charge in [-0.1, -0.05) is 43.2 Å². The van der Waals surface area contributed by atoms with E-state index in [1.165, 1.54) is 44.1 Å². The van der Waals surface area contributed by atoms with E-state index < -0.39 is 0 Å². The maximum Gasteiger partial charge on any atom is -0.0250 e. The van der Waals surface area contributed by atoms with Crippen molar-refractivity contribution < 1.29 is 0 Å². The molecule has 1 atom stereocenters. The van der Waals surface area contributed by atoms with Crippen LogP contribution in [0.15, 0.2) is 30.3 Å². The van der Waals surface area contributed by atoms with Crippen LogP contribution in [0.25, 0.3) is 0 Å². The second-order valence-electron chi connectivity index (χ2n) is 4.54. The van der Waals surface area contributed by atoms with Gasteiger partial charge in [-0.15, -0.1) is 0 Å². The molecule has 0 amide bonds. The van der Waals surface area contributed by atoms with Crippen molar-refractivity contribution in [2.75, 3.05) is 0 Å². The lowest BCUT2D eigenvalue weighted by atomic mass is 9.87. The SMILES string of the molecule is [CH]1[CH]CCC(Cc2ccccc2)CCC1. The minimum absolute atomic E-state index is 0.900. The lowest BCUT2D eigenvalue weighted by Crippen LogP contribution is -2.07. The normalized spacial score (nSPS) is 19.5. The van der Waals surface area contributed by atoms with Gasteiger partial charge in [0.15, 0.2) is 0 Å². The molecule has 1 unspecified atom stereocenters. The molecule has 2 radical (unpaired) electrons. The third-order valence-corrected chi connectivity index (χ3v) is 3.26. The summed E-state index contributed by atoms with van der Waals surface area (Å²) in [6.07, 6.45) is 12.7. The van der Waals surface area contributed by atoms with Gasteiger partial charge in [0, 0.05) is 0 Å². The maximum absolute atomic E-state index is 2.36. The van der Waals surface area contributed by atoms with Crippen molar-refractivity contribution in [3.05, 3.63) is 48.7 Å². The molecule has 0 aromatic heterocycles. The van der Waals surface area contributed by atoms with Crippen LogP contribution in [-0.2, 0) is 6.42 Å². The molecule has 1 aliphatic rings. The summed E-state index contributed by atoms with van der Waals surface area (Å²) in [5, 5.41) is 0. The predicted molar refractivity (Wildman–Crippen MR) is 65.3 cm³/mol. The van der Waals surface area contributed by atoms with Gasteiger partial charge in [-0.3, -0.25) is 0 Å². The van der Waals surface area contributed by atoms with E-state index in [1.54, 1.807) is 0 Å². The Morgan fingerprint density at radius 1 is 0.933 bits per heavy atom. The molecule has 1 saturated carbocycles. The Morgan fingerprint density at radius 2 is 1.73 bits per heavy atom. The van der Waals surface area contributed by atoms with Crippen molar-refractivity contribution in [3.63, 3.8) is 0 Å². The minimum atomic E-state index is 0.900. The molecule has 15 heavy (non-hydrogen) atoms. The van der Waals surface area contributed by atoms with Crippen molar-refractivity contribution in [3.8, 4) is 0 Å². The van der Waals surface area contributed by atoms with Gasteiger partial charge < -0.3 is 0 Å². The lowest BCUT2D eigenvalue weighted by Gasteiger charge is -2.19. The molecule has 0 saturated heterocycles. The standard InChI is InChI=1S/C15H20/c1-2-5-9-14(10-6-3-1)13-15-11-7-4-8-12-15/h1-2,4,7-8,11-12,14H,3,5-6,9-10,13H2. The van der Waals surface area contributed by atoms with E-state index >= 15 is 0 Å². The number of benzene rings is 1. The Kier molecular flexibility index (Phi) is 4.25. The van der Waals surface area contributed by atoms with E-state index in [4.69, 9.17) is 0 Å². The van der Waals surface area contributed by atoms with E-state index in [0.717, 1.165) is 5.92 Å². The smallest absolute Gasteiger partial charge is 0.0250 e. The summed E-state index contributed by atoms with van der Waals surface area (Å²) in [6, 6.07) is 10.9. The highest BCUT2D eigenvalue weighted by molar-refractivity contribution is 5.15. The van der Waals surface area contributed by atoms with Crippen LogP contribution < -0.4 is 0 Å². The molecule has 1 aromatic rings. The average molecular weight is 200 g/mol. The Balaban J connectivity index is 1.86. The fourth-order valence-electron chi connectivity index (χ4n) is 2.39. The second kappa shape index (κ2) is 5.95. The van der Waals surface area contributed by atoms with E-state index in [9.17, 15) is 0 Å². The van der Waals surface area contributed by atoms with Crippen LogP contribution in [0.4, 0.5) is 0 Å². The van der Waals surface area contributed by atoms with Crippen molar-refractivity contribution in [1.29, 1.82) is 0 Å². The molecule has 1 aliphatic carbocycles. The molecular formula is C15H20. The fourth-order valence-corrected chi connectivity index (χ4v) is 2.39. The first-order valence-corrected chi connectivity index (χ1v) is 6.14. The molecular weight excluding hydrogens is 180 g/mol. The third-order valence-electron chi connectivity index (χ3n) is 3.26. The summed E-state index contributed by atoms with van der Waals surface area (Å²) < 4.78 is 0. The highest BCUT2D eigenvalue weighted by Gasteiger charge is 2.11. The first-order chi connectivity index (χ1) is 7.45. The van der Waals surface area contributed by atoms with Crippen molar-refractivity contribution in [2.45, 2.75) is 38.5 Å². The summed E-state index contributed by atoms with van der Waals surface area (Å²) >= 11 is 0. The Morgan fingerprint density at radius 3 is 2.60 bits per heavy atom. The van der Waals surface area contributed by atoms with Crippen molar-refractivity contribution >= 4 is 0 Å². The number of rotatable bonds is 2. The molecule has 1 aromatic carbocycles. The second-order valence-corrected chi connectivity index (χ2v) is 4.54. The van der Waals surface area contributed by atoms with Gasteiger partial charge in [0.25, 0.3) is 0 Å². The molecule has 0 aliphatic heterocycles. The Labute approximate surface area is 93.7 Å². The molecule has 0 heterocycles. The van der Waals surface area contributed by atoms with Gasteiger partial charge in [-0.2, -0.15) is 0 Å².